The van der Waals surface area contributed by atoms with Gasteiger partial charge in [0.1, 0.15) is 11.6 Å². The van der Waals surface area contributed by atoms with E-state index >= 15 is 0 Å². The number of hydrogen-bond donors (Lipinski definition) is 2. The van der Waals surface area contributed by atoms with Crippen molar-refractivity contribution in [3.63, 3.8) is 0 Å². The molecule has 0 aliphatic rings. The second-order valence-corrected chi connectivity index (χ2v) is 6.02. The molecule has 0 fully saturated rings. The third-order valence-electron chi connectivity index (χ3n) is 3.88. The number of alkyl halides is 3. The van der Waals surface area contributed by atoms with Crippen LogP contribution in [-0.2, 0) is 6.18 Å². The van der Waals surface area contributed by atoms with Gasteiger partial charge in [0.05, 0.1) is 11.1 Å². The summed E-state index contributed by atoms with van der Waals surface area (Å²) < 4.78 is 51.3. The molecule has 3 rings (SSSR count). The van der Waals surface area contributed by atoms with Crippen LogP contribution in [0.5, 0.6) is 5.75 Å². The molecule has 2 N–H and O–H groups in total. The number of carbonyl (C=O) groups excluding carboxylic acids is 1. The van der Waals surface area contributed by atoms with E-state index in [1.165, 1.54) is 54.6 Å². The van der Waals surface area contributed by atoms with Crippen molar-refractivity contribution < 1.29 is 27.5 Å². The minimum atomic E-state index is -4.54. The van der Waals surface area contributed by atoms with Crippen LogP contribution < -0.4 is 5.32 Å². The van der Waals surface area contributed by atoms with Crippen molar-refractivity contribution in [3.8, 4) is 17.6 Å². The Bertz CT molecular complexity index is 1110. The van der Waals surface area contributed by atoms with E-state index in [2.05, 4.69) is 17.2 Å². The molecule has 3 aromatic carbocycles. The van der Waals surface area contributed by atoms with Gasteiger partial charge in [-0.2, -0.15) is 13.2 Å². The van der Waals surface area contributed by atoms with Gasteiger partial charge in [0.25, 0.3) is 5.91 Å². The molecule has 0 aliphatic heterocycles. The zero-order valence-corrected chi connectivity index (χ0v) is 14.7. The summed E-state index contributed by atoms with van der Waals surface area (Å²) in [6.45, 7) is 0. The number of hydrogen-bond acceptors (Lipinski definition) is 2. The van der Waals surface area contributed by atoms with E-state index in [0.29, 0.717) is 11.1 Å². The smallest absolute Gasteiger partial charge is 0.416 e. The lowest BCUT2D eigenvalue weighted by molar-refractivity contribution is -0.137. The molecule has 1 amide bonds. The monoisotopic (exact) mass is 399 g/mol. The van der Waals surface area contributed by atoms with Gasteiger partial charge in [0, 0.05) is 16.8 Å². The molecule has 0 saturated carbocycles. The number of aromatic hydroxyl groups is 1. The number of nitrogens with one attached hydrogen (secondary N) is 1. The van der Waals surface area contributed by atoms with E-state index in [0.717, 1.165) is 12.1 Å². The lowest BCUT2D eigenvalue weighted by Crippen LogP contribution is -2.13. The maximum absolute atomic E-state index is 12.9. The van der Waals surface area contributed by atoms with E-state index in [4.69, 9.17) is 0 Å². The van der Waals surface area contributed by atoms with Crippen LogP contribution in [-0.4, -0.2) is 11.0 Å². The normalized spacial score (nSPS) is 10.8. The summed E-state index contributed by atoms with van der Waals surface area (Å²) in [6, 6.07) is 13.7. The summed E-state index contributed by atoms with van der Waals surface area (Å²) in [5.41, 5.74) is -0.172. The van der Waals surface area contributed by atoms with Crippen LogP contribution in [0.25, 0.3) is 0 Å². The van der Waals surface area contributed by atoms with Crippen molar-refractivity contribution in [1.29, 1.82) is 0 Å². The average Bonchev–Trinajstić information content (AvgIpc) is 2.68. The number of carbonyl (C=O) groups is 1. The van der Waals surface area contributed by atoms with Gasteiger partial charge >= 0.3 is 6.18 Å². The summed E-state index contributed by atoms with van der Waals surface area (Å²) in [5.74, 6) is 4.05. The maximum atomic E-state index is 12.9. The van der Waals surface area contributed by atoms with Crippen LogP contribution in [0.15, 0.2) is 66.7 Å². The second-order valence-electron chi connectivity index (χ2n) is 6.02. The van der Waals surface area contributed by atoms with Gasteiger partial charge in [-0.05, 0) is 60.7 Å². The highest BCUT2D eigenvalue weighted by atomic mass is 19.4. The first kappa shape index (κ1) is 20.0. The zero-order chi connectivity index (χ0) is 21.0. The van der Waals surface area contributed by atoms with Crippen molar-refractivity contribution in [2.75, 3.05) is 5.32 Å². The maximum Gasteiger partial charge on any atom is 0.416 e. The predicted octanol–water partition coefficient (Wildman–Crippen LogP) is 5.20. The molecule has 0 saturated heterocycles. The van der Waals surface area contributed by atoms with E-state index in [9.17, 15) is 27.5 Å². The minimum Gasteiger partial charge on any atom is -0.507 e. The first-order valence-electron chi connectivity index (χ1n) is 8.31. The topological polar surface area (TPSA) is 49.3 Å². The molecular formula is C22H13F4NO2. The molecule has 3 aromatic rings. The molecular weight excluding hydrogens is 386 g/mol. The molecule has 7 heteroatoms. The molecule has 0 bridgehead atoms. The van der Waals surface area contributed by atoms with E-state index in [1.54, 1.807) is 0 Å². The predicted molar refractivity (Wildman–Crippen MR) is 99.9 cm³/mol. The Hall–Kier alpha value is -3.79. The largest absolute Gasteiger partial charge is 0.507 e. The van der Waals surface area contributed by atoms with Gasteiger partial charge < -0.3 is 10.4 Å². The standard InChI is InChI=1S/C22H13F4NO2/c23-17-9-6-14(7-10-17)4-5-15-8-11-20(28)19(12-15)21(29)27-18-3-1-2-16(13-18)22(24,25)26/h1-3,6-13,28H,(H,27,29). The summed E-state index contributed by atoms with van der Waals surface area (Å²) in [7, 11) is 0. The summed E-state index contributed by atoms with van der Waals surface area (Å²) in [5, 5.41) is 12.3. The van der Waals surface area contributed by atoms with Crippen molar-refractivity contribution in [2.45, 2.75) is 6.18 Å². The molecule has 3 nitrogen and oxygen atoms in total. The first-order chi connectivity index (χ1) is 13.7. The highest BCUT2D eigenvalue weighted by molar-refractivity contribution is 6.06. The molecule has 0 radical (unpaired) electrons. The summed E-state index contributed by atoms with van der Waals surface area (Å²) in [6.07, 6.45) is -4.54. The van der Waals surface area contributed by atoms with Crippen LogP contribution >= 0.6 is 0 Å². The fourth-order valence-corrected chi connectivity index (χ4v) is 2.44. The highest BCUT2D eigenvalue weighted by Gasteiger charge is 2.30. The SMILES string of the molecule is O=C(Nc1cccc(C(F)(F)F)c1)c1cc(C#Cc2ccc(F)cc2)ccc1O. The van der Waals surface area contributed by atoms with Crippen LogP contribution in [0.3, 0.4) is 0 Å². The Kier molecular flexibility index (Phi) is 5.55. The van der Waals surface area contributed by atoms with Crippen LogP contribution in [0, 0.1) is 17.7 Å². The molecule has 0 aromatic heterocycles. The van der Waals surface area contributed by atoms with E-state index in [-0.39, 0.29) is 17.0 Å². The number of anilines is 1. The molecule has 29 heavy (non-hydrogen) atoms. The van der Waals surface area contributed by atoms with Gasteiger partial charge in [-0.25, -0.2) is 4.39 Å². The number of benzene rings is 3. The Morgan fingerprint density at radius 2 is 1.55 bits per heavy atom. The van der Waals surface area contributed by atoms with Crippen LogP contribution in [0.4, 0.5) is 23.2 Å². The summed E-state index contributed by atoms with van der Waals surface area (Å²) in [4.78, 5) is 12.4. The fraction of sp³-hybridized carbons (Fsp3) is 0.0455. The van der Waals surface area contributed by atoms with Crippen molar-refractivity contribution in [2.24, 2.45) is 0 Å². The Morgan fingerprint density at radius 1 is 0.897 bits per heavy atom. The number of rotatable bonds is 2. The number of halogens is 4. The van der Waals surface area contributed by atoms with Gasteiger partial charge in [0.15, 0.2) is 0 Å². The van der Waals surface area contributed by atoms with Crippen molar-refractivity contribution in [1.82, 2.24) is 0 Å². The number of phenols is 1. The Morgan fingerprint density at radius 3 is 2.24 bits per heavy atom. The van der Waals surface area contributed by atoms with Crippen molar-refractivity contribution >= 4 is 11.6 Å². The molecule has 0 heterocycles. The van der Waals surface area contributed by atoms with Crippen LogP contribution in [0.1, 0.15) is 27.0 Å². The molecule has 0 spiro atoms. The average molecular weight is 399 g/mol. The van der Waals surface area contributed by atoms with Crippen LogP contribution in [0.2, 0.25) is 0 Å². The van der Waals surface area contributed by atoms with Gasteiger partial charge in [0.2, 0.25) is 0 Å². The minimum absolute atomic E-state index is 0.0629. The van der Waals surface area contributed by atoms with E-state index < -0.39 is 23.5 Å². The zero-order valence-electron chi connectivity index (χ0n) is 14.7. The highest BCUT2D eigenvalue weighted by Crippen LogP contribution is 2.31. The quantitative estimate of drug-likeness (QED) is 0.460. The number of phenolic OH excluding ortho intramolecular Hbond substituents is 1. The van der Waals surface area contributed by atoms with Gasteiger partial charge in [-0.3, -0.25) is 4.79 Å². The second kappa shape index (κ2) is 8.07. The first-order valence-corrected chi connectivity index (χ1v) is 8.31. The van der Waals surface area contributed by atoms with Crippen molar-refractivity contribution in [3.05, 3.63) is 94.8 Å². The fourth-order valence-electron chi connectivity index (χ4n) is 2.44. The third-order valence-corrected chi connectivity index (χ3v) is 3.88. The van der Waals surface area contributed by atoms with Gasteiger partial charge in [-0.1, -0.05) is 17.9 Å². The molecule has 0 atom stereocenters. The Balaban J connectivity index is 1.83. The lowest BCUT2D eigenvalue weighted by atomic mass is 10.1. The molecule has 146 valence electrons. The number of amides is 1. The third kappa shape index (κ3) is 5.14. The molecule has 0 aliphatic carbocycles. The van der Waals surface area contributed by atoms with Gasteiger partial charge in [-0.15, -0.1) is 0 Å². The Labute approximate surface area is 163 Å². The van der Waals surface area contributed by atoms with E-state index in [1.807, 2.05) is 0 Å². The summed E-state index contributed by atoms with van der Waals surface area (Å²) >= 11 is 0. The lowest BCUT2D eigenvalue weighted by Gasteiger charge is -2.10. The molecule has 0 unspecified atom stereocenters.